The summed E-state index contributed by atoms with van der Waals surface area (Å²) in [5.41, 5.74) is 2.64. The summed E-state index contributed by atoms with van der Waals surface area (Å²) in [5.74, 6) is 0.740. The Balaban J connectivity index is 1.97. The molecule has 0 N–H and O–H groups in total. The van der Waals surface area contributed by atoms with Crippen LogP contribution in [0.4, 0.5) is 0 Å². The van der Waals surface area contributed by atoms with Crippen molar-refractivity contribution >= 4 is 5.97 Å². The molecule has 1 aromatic rings. The average molecular weight is 374 g/mol. The fourth-order valence-electron chi connectivity index (χ4n) is 4.24. The summed E-state index contributed by atoms with van der Waals surface area (Å²) in [5, 5.41) is 0. The Hall–Kier alpha value is -1.35. The van der Waals surface area contributed by atoms with E-state index in [2.05, 4.69) is 31.7 Å². The number of hydrogen-bond acceptors (Lipinski definition) is 3. The van der Waals surface area contributed by atoms with Crippen LogP contribution in [0.1, 0.15) is 89.7 Å². The molecule has 152 valence electrons. The number of aryl methyl sites for hydroxylation is 1. The Kier molecular flexibility index (Phi) is 9.90. The van der Waals surface area contributed by atoms with Gasteiger partial charge in [0, 0.05) is 12.5 Å². The van der Waals surface area contributed by atoms with Gasteiger partial charge in [0.15, 0.2) is 0 Å². The molecule has 0 aliphatic heterocycles. The first-order valence-electron chi connectivity index (χ1n) is 11.2. The molecule has 0 saturated carbocycles. The second kappa shape index (κ2) is 12.2. The Morgan fingerprint density at radius 3 is 2.48 bits per heavy atom. The van der Waals surface area contributed by atoms with E-state index in [9.17, 15) is 4.79 Å². The van der Waals surface area contributed by atoms with E-state index in [4.69, 9.17) is 4.74 Å². The number of rotatable bonds is 12. The topological polar surface area (TPSA) is 29.5 Å². The van der Waals surface area contributed by atoms with Crippen LogP contribution in [0.3, 0.4) is 0 Å². The molecule has 1 unspecified atom stereocenters. The molecule has 1 aliphatic carbocycles. The van der Waals surface area contributed by atoms with Gasteiger partial charge in [0.2, 0.25) is 0 Å². The normalized spacial score (nSPS) is 16.4. The van der Waals surface area contributed by atoms with Gasteiger partial charge in [-0.1, -0.05) is 58.6 Å². The van der Waals surface area contributed by atoms with Gasteiger partial charge in [-0.25, -0.2) is 0 Å². The zero-order valence-electron chi connectivity index (χ0n) is 17.8. The zero-order chi connectivity index (χ0) is 19.5. The lowest BCUT2D eigenvalue weighted by atomic mass is 9.86. The highest BCUT2D eigenvalue weighted by molar-refractivity contribution is 5.73. The lowest BCUT2D eigenvalue weighted by molar-refractivity contribution is -0.134. The molecule has 0 aromatic heterocycles. The van der Waals surface area contributed by atoms with Crippen molar-refractivity contribution < 1.29 is 9.53 Å². The molecule has 2 rings (SSSR count). The molecule has 1 aromatic carbocycles. The van der Waals surface area contributed by atoms with E-state index < -0.39 is 0 Å². The molecule has 27 heavy (non-hydrogen) atoms. The van der Waals surface area contributed by atoms with Crippen molar-refractivity contribution in [2.75, 3.05) is 13.1 Å². The number of hydrogen-bond donors (Lipinski definition) is 0. The Morgan fingerprint density at radius 1 is 1.04 bits per heavy atom. The highest BCUT2D eigenvalue weighted by atomic mass is 16.5. The largest absolute Gasteiger partial charge is 0.426 e. The fraction of sp³-hybridized carbons (Fsp3) is 0.708. The molecule has 0 saturated heterocycles. The van der Waals surface area contributed by atoms with E-state index >= 15 is 0 Å². The smallest absolute Gasteiger partial charge is 0.311 e. The minimum Gasteiger partial charge on any atom is -0.426 e. The van der Waals surface area contributed by atoms with Crippen LogP contribution in [-0.2, 0) is 17.6 Å². The maximum atomic E-state index is 12.3. The summed E-state index contributed by atoms with van der Waals surface area (Å²) in [4.78, 5) is 15.0. The minimum atomic E-state index is -0.0685. The van der Waals surface area contributed by atoms with Gasteiger partial charge in [-0.2, -0.15) is 0 Å². The number of carbonyl (C=O) groups excluding carboxylic acids is 1. The van der Waals surface area contributed by atoms with E-state index in [1.54, 1.807) is 0 Å². The van der Waals surface area contributed by atoms with Crippen molar-refractivity contribution in [2.24, 2.45) is 0 Å². The maximum absolute atomic E-state index is 12.3. The number of nitrogens with zero attached hydrogens (tertiary/aromatic N) is 1. The summed E-state index contributed by atoms with van der Waals surface area (Å²) in [6, 6.07) is 6.81. The van der Waals surface area contributed by atoms with Gasteiger partial charge in [-0.05, 0) is 68.8 Å². The lowest BCUT2D eigenvalue weighted by Crippen LogP contribution is -2.40. The maximum Gasteiger partial charge on any atom is 0.311 e. The van der Waals surface area contributed by atoms with Crippen molar-refractivity contribution in [1.29, 1.82) is 0 Å². The molecule has 0 amide bonds. The van der Waals surface area contributed by atoms with Crippen LogP contribution >= 0.6 is 0 Å². The van der Waals surface area contributed by atoms with Gasteiger partial charge < -0.3 is 9.64 Å². The van der Waals surface area contributed by atoms with E-state index in [0.29, 0.717) is 12.5 Å². The van der Waals surface area contributed by atoms with Crippen LogP contribution in [0.15, 0.2) is 18.2 Å². The van der Waals surface area contributed by atoms with Crippen molar-refractivity contribution in [3.8, 4) is 5.75 Å². The average Bonchev–Trinajstić information content (AvgIpc) is 2.67. The minimum absolute atomic E-state index is 0.0685. The van der Waals surface area contributed by atoms with Gasteiger partial charge in [-0.15, -0.1) is 0 Å². The Morgan fingerprint density at radius 2 is 1.78 bits per heavy atom. The van der Waals surface area contributed by atoms with Crippen molar-refractivity contribution in [2.45, 2.75) is 97.4 Å². The Labute approximate surface area is 166 Å². The lowest BCUT2D eigenvalue weighted by Gasteiger charge is -2.35. The molecule has 3 heteroatoms. The number of esters is 1. The third kappa shape index (κ3) is 6.95. The molecule has 0 radical (unpaired) electrons. The zero-order valence-corrected chi connectivity index (χ0v) is 17.8. The Bertz CT molecular complexity index is 563. The summed E-state index contributed by atoms with van der Waals surface area (Å²) in [6.07, 6.45) is 12.0. The van der Waals surface area contributed by atoms with Gasteiger partial charge in [-0.3, -0.25) is 4.79 Å². The van der Waals surface area contributed by atoms with Gasteiger partial charge in [0.05, 0.1) is 0 Å². The first kappa shape index (κ1) is 21.9. The summed E-state index contributed by atoms with van der Waals surface area (Å²) in [7, 11) is 0. The number of benzene rings is 1. The molecule has 3 nitrogen and oxygen atoms in total. The van der Waals surface area contributed by atoms with Crippen molar-refractivity contribution in [3.05, 3.63) is 29.3 Å². The molecular formula is C24H39NO2. The number of fused-ring (bicyclic) bond motifs is 1. The van der Waals surface area contributed by atoms with Crippen LogP contribution in [-0.4, -0.2) is 30.0 Å². The number of carbonyl (C=O) groups is 1. The molecule has 0 bridgehead atoms. The summed E-state index contributed by atoms with van der Waals surface area (Å²) < 4.78 is 5.81. The quantitative estimate of drug-likeness (QED) is 0.258. The van der Waals surface area contributed by atoms with Crippen LogP contribution in [0.5, 0.6) is 5.75 Å². The SMILES string of the molecule is CCCCCCCC(=O)Oc1cccc2c1CC(N(CCC)CCC)CC2. The fourth-order valence-corrected chi connectivity index (χ4v) is 4.24. The first-order chi connectivity index (χ1) is 13.2. The van der Waals surface area contributed by atoms with E-state index in [1.165, 1.54) is 49.7 Å². The van der Waals surface area contributed by atoms with E-state index in [-0.39, 0.29) is 5.97 Å². The molecule has 0 spiro atoms. The summed E-state index contributed by atoms with van der Waals surface area (Å²) in [6.45, 7) is 9.05. The molecule has 0 fully saturated rings. The molecule has 1 atom stereocenters. The molecule has 0 heterocycles. The predicted octanol–water partition coefficient (Wildman–Crippen LogP) is 5.93. The van der Waals surface area contributed by atoms with Crippen LogP contribution < -0.4 is 4.74 Å². The predicted molar refractivity (Wildman–Crippen MR) is 113 cm³/mol. The van der Waals surface area contributed by atoms with E-state index in [1.807, 2.05) is 12.1 Å². The monoisotopic (exact) mass is 373 g/mol. The third-order valence-electron chi connectivity index (χ3n) is 5.66. The highest BCUT2D eigenvalue weighted by Gasteiger charge is 2.26. The summed E-state index contributed by atoms with van der Waals surface area (Å²) >= 11 is 0. The van der Waals surface area contributed by atoms with Crippen LogP contribution in [0, 0.1) is 0 Å². The van der Waals surface area contributed by atoms with Crippen LogP contribution in [0.2, 0.25) is 0 Å². The van der Waals surface area contributed by atoms with Gasteiger partial charge in [0.25, 0.3) is 0 Å². The van der Waals surface area contributed by atoms with Gasteiger partial charge >= 0.3 is 5.97 Å². The highest BCUT2D eigenvalue weighted by Crippen LogP contribution is 2.32. The van der Waals surface area contributed by atoms with Gasteiger partial charge in [0.1, 0.15) is 5.75 Å². The standard InChI is InChI=1S/C24H39NO2/c1-4-7-8-9-10-14-24(26)27-23-13-11-12-20-15-16-21(19-22(20)23)25(17-5-2)18-6-3/h11-13,21H,4-10,14-19H2,1-3H3. The third-order valence-corrected chi connectivity index (χ3v) is 5.66. The molecule has 1 aliphatic rings. The first-order valence-corrected chi connectivity index (χ1v) is 11.2. The van der Waals surface area contributed by atoms with E-state index in [0.717, 1.165) is 44.5 Å². The second-order valence-corrected chi connectivity index (χ2v) is 7.96. The van der Waals surface area contributed by atoms with Crippen molar-refractivity contribution in [3.63, 3.8) is 0 Å². The second-order valence-electron chi connectivity index (χ2n) is 7.96. The van der Waals surface area contributed by atoms with Crippen LogP contribution in [0.25, 0.3) is 0 Å². The number of unbranched alkanes of at least 4 members (excludes halogenated alkanes) is 4. The van der Waals surface area contributed by atoms with Crippen molar-refractivity contribution in [1.82, 2.24) is 4.90 Å². The molecular weight excluding hydrogens is 334 g/mol. The number of ether oxygens (including phenoxy) is 1.